The molecule has 120 valence electrons. The molecule has 0 saturated heterocycles. The van der Waals surface area contributed by atoms with E-state index in [9.17, 15) is 23.2 Å². The minimum absolute atomic E-state index is 0.161. The molecule has 0 saturated carbocycles. The Morgan fingerprint density at radius 3 is 2.36 bits per heavy atom. The number of alkyl halides is 2. The lowest BCUT2D eigenvalue weighted by Crippen LogP contribution is -2.48. The van der Waals surface area contributed by atoms with Gasteiger partial charge in [-0.2, -0.15) is 8.78 Å². The lowest BCUT2D eigenvalue weighted by molar-refractivity contribution is -0.149. The number of hydrogen-bond donors (Lipinski definition) is 3. The lowest BCUT2D eigenvalue weighted by atomic mass is 10.1. The van der Waals surface area contributed by atoms with E-state index in [0.29, 0.717) is 5.56 Å². The highest BCUT2D eigenvalue weighted by Gasteiger charge is 2.42. The zero-order chi connectivity index (χ0) is 16.8. The molecule has 0 aromatic heterocycles. The molecule has 4 N–H and O–H groups in total. The Morgan fingerprint density at radius 1 is 1.27 bits per heavy atom. The van der Waals surface area contributed by atoms with Crippen LogP contribution in [0.1, 0.15) is 12.0 Å². The topological polar surface area (TPSA) is 119 Å². The minimum Gasteiger partial charge on any atom is -0.480 e. The summed E-state index contributed by atoms with van der Waals surface area (Å²) in [4.78, 5) is 32.8. The van der Waals surface area contributed by atoms with Crippen molar-refractivity contribution in [1.29, 1.82) is 0 Å². The van der Waals surface area contributed by atoms with E-state index in [2.05, 4.69) is 5.73 Å². The maximum Gasteiger partial charge on any atom is 0.408 e. The zero-order valence-electron chi connectivity index (χ0n) is 11.3. The number of aliphatic carboxylic acids is 1. The van der Waals surface area contributed by atoms with Gasteiger partial charge in [-0.05, 0) is 5.56 Å². The predicted molar refractivity (Wildman–Crippen MR) is 69.9 cm³/mol. The van der Waals surface area contributed by atoms with Crippen LogP contribution < -0.4 is 11.1 Å². The van der Waals surface area contributed by atoms with E-state index in [-0.39, 0.29) is 6.61 Å². The maximum absolute atomic E-state index is 13.1. The summed E-state index contributed by atoms with van der Waals surface area (Å²) in [6, 6.07) is 6.45. The second-order valence-electron chi connectivity index (χ2n) is 4.37. The number of primary amides is 1. The first-order valence-electron chi connectivity index (χ1n) is 6.10. The van der Waals surface area contributed by atoms with Crippen LogP contribution in [0.5, 0.6) is 0 Å². The normalized spacial score (nSPS) is 12.3. The molecule has 1 aromatic carbocycles. The maximum atomic E-state index is 13.1. The molecule has 0 aliphatic rings. The number of amides is 2. The van der Waals surface area contributed by atoms with Crippen molar-refractivity contribution in [3.05, 3.63) is 35.9 Å². The third-order valence-corrected chi connectivity index (χ3v) is 2.62. The van der Waals surface area contributed by atoms with Crippen LogP contribution in [-0.2, 0) is 20.9 Å². The fraction of sp³-hybridized carbons (Fsp3) is 0.308. The third-order valence-electron chi connectivity index (χ3n) is 2.62. The summed E-state index contributed by atoms with van der Waals surface area (Å²) in [7, 11) is 0. The minimum atomic E-state index is -4.06. The van der Waals surface area contributed by atoms with Crippen LogP contribution in [0.15, 0.2) is 30.3 Å². The van der Waals surface area contributed by atoms with Crippen molar-refractivity contribution in [3.63, 3.8) is 0 Å². The van der Waals surface area contributed by atoms with Gasteiger partial charge in [0.1, 0.15) is 12.6 Å². The molecule has 22 heavy (non-hydrogen) atoms. The van der Waals surface area contributed by atoms with Gasteiger partial charge in [0.15, 0.2) is 0 Å². The SMILES string of the molecule is NC(=O)C(F)(F)CC(NC(=O)OCc1ccccc1)C(=O)O. The number of halogens is 2. The van der Waals surface area contributed by atoms with Crippen molar-refractivity contribution in [1.82, 2.24) is 5.32 Å². The average Bonchev–Trinajstić information content (AvgIpc) is 2.45. The van der Waals surface area contributed by atoms with Crippen LogP contribution in [0.4, 0.5) is 13.6 Å². The molecule has 0 aliphatic heterocycles. The lowest BCUT2D eigenvalue weighted by Gasteiger charge is -2.19. The van der Waals surface area contributed by atoms with Crippen molar-refractivity contribution in [2.75, 3.05) is 0 Å². The highest BCUT2D eigenvalue weighted by Crippen LogP contribution is 2.20. The first-order valence-corrected chi connectivity index (χ1v) is 6.10. The molecule has 0 bridgehead atoms. The van der Waals surface area contributed by atoms with E-state index in [0.717, 1.165) is 0 Å². The van der Waals surface area contributed by atoms with Crippen LogP contribution in [0.2, 0.25) is 0 Å². The molecule has 0 fully saturated rings. The summed E-state index contributed by atoms with van der Waals surface area (Å²) < 4.78 is 31.0. The standard InChI is InChI=1S/C13H14F2N2O5/c14-13(15,11(16)20)6-9(10(18)19)17-12(21)22-7-8-4-2-1-3-5-8/h1-5,9H,6-7H2,(H2,16,20)(H,17,21)(H,18,19). The van der Waals surface area contributed by atoms with Crippen LogP contribution in [0.25, 0.3) is 0 Å². The quantitative estimate of drug-likeness (QED) is 0.690. The highest BCUT2D eigenvalue weighted by molar-refractivity contribution is 5.84. The number of carboxylic acids is 1. The largest absolute Gasteiger partial charge is 0.480 e. The summed E-state index contributed by atoms with van der Waals surface area (Å²) in [5.41, 5.74) is 5.09. The highest BCUT2D eigenvalue weighted by atomic mass is 19.3. The van der Waals surface area contributed by atoms with Gasteiger partial charge in [0.05, 0.1) is 6.42 Å². The van der Waals surface area contributed by atoms with E-state index in [4.69, 9.17) is 9.84 Å². The molecule has 1 rings (SSSR count). The van der Waals surface area contributed by atoms with Gasteiger partial charge in [-0.15, -0.1) is 0 Å². The first-order chi connectivity index (χ1) is 10.2. The Balaban J connectivity index is 2.58. The van der Waals surface area contributed by atoms with Crippen molar-refractivity contribution in [3.8, 4) is 0 Å². The number of carboxylic acid groups (broad SMARTS) is 1. The van der Waals surface area contributed by atoms with Crippen LogP contribution in [-0.4, -0.2) is 35.0 Å². The predicted octanol–water partition coefficient (Wildman–Crippen LogP) is 0.877. The van der Waals surface area contributed by atoms with Gasteiger partial charge in [-0.25, -0.2) is 9.59 Å². The molecule has 1 atom stereocenters. The first kappa shape index (κ1) is 17.3. The van der Waals surface area contributed by atoms with Crippen LogP contribution >= 0.6 is 0 Å². The number of carbonyl (C=O) groups excluding carboxylic acids is 2. The molecule has 9 heteroatoms. The van der Waals surface area contributed by atoms with E-state index in [1.807, 2.05) is 0 Å². The van der Waals surface area contributed by atoms with Gasteiger partial charge in [-0.1, -0.05) is 30.3 Å². The van der Waals surface area contributed by atoms with Crippen molar-refractivity contribution in [2.45, 2.75) is 25.0 Å². The Morgan fingerprint density at radius 2 is 1.86 bits per heavy atom. The van der Waals surface area contributed by atoms with Gasteiger partial charge < -0.3 is 20.9 Å². The van der Waals surface area contributed by atoms with E-state index < -0.39 is 36.4 Å². The monoisotopic (exact) mass is 316 g/mol. The van der Waals surface area contributed by atoms with Crippen LogP contribution in [0, 0.1) is 0 Å². The number of benzene rings is 1. The van der Waals surface area contributed by atoms with Gasteiger partial charge in [0.25, 0.3) is 5.91 Å². The van der Waals surface area contributed by atoms with Crippen LogP contribution in [0.3, 0.4) is 0 Å². The second kappa shape index (κ2) is 7.34. The second-order valence-corrected chi connectivity index (χ2v) is 4.37. The molecule has 0 spiro atoms. The van der Waals surface area contributed by atoms with E-state index in [1.165, 1.54) is 0 Å². The summed E-state index contributed by atoms with van der Waals surface area (Å²) in [5.74, 6) is -7.77. The molecule has 2 amide bonds. The number of alkyl carbamates (subject to hydrolysis) is 1. The summed E-state index contributed by atoms with van der Waals surface area (Å²) in [6.45, 7) is -0.161. The molecule has 0 radical (unpaired) electrons. The summed E-state index contributed by atoms with van der Waals surface area (Å²) in [5, 5.41) is 10.5. The Bertz CT molecular complexity index is 551. The molecule has 0 heterocycles. The smallest absolute Gasteiger partial charge is 0.408 e. The van der Waals surface area contributed by atoms with Gasteiger partial charge >= 0.3 is 18.0 Å². The number of carbonyl (C=O) groups is 3. The number of hydrogen-bond acceptors (Lipinski definition) is 4. The molecule has 1 aromatic rings. The van der Waals surface area contributed by atoms with Gasteiger partial charge in [0, 0.05) is 0 Å². The molecule has 0 aliphatic carbocycles. The fourth-order valence-corrected chi connectivity index (χ4v) is 1.46. The van der Waals surface area contributed by atoms with Gasteiger partial charge in [-0.3, -0.25) is 4.79 Å². The Kier molecular flexibility index (Phi) is 5.79. The number of ether oxygens (including phenoxy) is 1. The molecular weight excluding hydrogens is 302 g/mol. The molecular formula is C13H14F2N2O5. The number of nitrogens with one attached hydrogen (secondary N) is 1. The van der Waals surface area contributed by atoms with Crippen molar-refractivity contribution >= 4 is 18.0 Å². The van der Waals surface area contributed by atoms with Crippen molar-refractivity contribution < 1.29 is 33.0 Å². The number of nitrogens with two attached hydrogens (primary N) is 1. The third kappa shape index (κ3) is 5.35. The number of rotatable bonds is 7. The zero-order valence-corrected chi connectivity index (χ0v) is 11.3. The summed E-state index contributed by atoms with van der Waals surface area (Å²) >= 11 is 0. The molecule has 7 nitrogen and oxygen atoms in total. The Hall–Kier alpha value is -2.71. The fourth-order valence-electron chi connectivity index (χ4n) is 1.46. The Labute approximate surface area is 124 Å². The average molecular weight is 316 g/mol. The summed E-state index contributed by atoms with van der Waals surface area (Å²) in [6.07, 6.45) is -2.66. The van der Waals surface area contributed by atoms with Gasteiger partial charge in [0.2, 0.25) is 0 Å². The molecule has 1 unspecified atom stereocenters. The van der Waals surface area contributed by atoms with E-state index >= 15 is 0 Å². The van der Waals surface area contributed by atoms with E-state index in [1.54, 1.807) is 35.6 Å². The van der Waals surface area contributed by atoms with Crippen molar-refractivity contribution in [2.24, 2.45) is 5.73 Å².